The molecule has 0 aliphatic heterocycles. The number of primary amides is 1. The molecular weight excluding hydrogens is 488 g/mol. The zero-order valence-electron chi connectivity index (χ0n) is 21.4. The largest absolute Gasteiger partial charge is 0.368 e. The number of nitrogens with two attached hydrogens (primary N) is 1. The van der Waals surface area contributed by atoms with Crippen molar-refractivity contribution in [2.24, 2.45) is 5.73 Å². The van der Waals surface area contributed by atoms with Crippen LogP contribution in [0.25, 0.3) is 27.5 Å². The van der Waals surface area contributed by atoms with Crippen LogP contribution < -0.4 is 16.4 Å². The van der Waals surface area contributed by atoms with Crippen molar-refractivity contribution in [1.82, 2.24) is 29.8 Å². The quantitative estimate of drug-likeness (QED) is 0.277. The highest BCUT2D eigenvalue weighted by molar-refractivity contribution is 7.13. The SMILES string of the molecule is CCN(CC)C(C)CNC(=O)c1cc(NC(C)C(N)=O)nc(-c2cnn3ccc(-c4cccs4)nc23)c1. The number of hydrogen-bond donors (Lipinski definition) is 3. The Kier molecular flexibility index (Phi) is 8.14. The number of carbonyl (C=O) groups excluding carboxylic acids is 2. The first-order valence-corrected chi connectivity index (χ1v) is 13.2. The molecule has 37 heavy (non-hydrogen) atoms. The van der Waals surface area contributed by atoms with E-state index in [4.69, 9.17) is 10.7 Å². The van der Waals surface area contributed by atoms with Gasteiger partial charge in [-0.15, -0.1) is 11.3 Å². The molecule has 0 bridgehead atoms. The first kappa shape index (κ1) is 26.2. The highest BCUT2D eigenvalue weighted by Crippen LogP contribution is 2.28. The molecule has 11 heteroatoms. The van der Waals surface area contributed by atoms with Crippen LogP contribution in [0.15, 0.2) is 48.1 Å². The normalized spacial score (nSPS) is 13.0. The summed E-state index contributed by atoms with van der Waals surface area (Å²) < 4.78 is 1.67. The van der Waals surface area contributed by atoms with E-state index in [1.807, 2.05) is 29.8 Å². The first-order valence-electron chi connectivity index (χ1n) is 12.3. The summed E-state index contributed by atoms with van der Waals surface area (Å²) in [6.45, 7) is 10.2. The molecule has 4 N–H and O–H groups in total. The van der Waals surface area contributed by atoms with Gasteiger partial charge in [0, 0.05) is 24.3 Å². The number of nitrogens with one attached hydrogen (secondary N) is 2. The predicted octanol–water partition coefficient (Wildman–Crippen LogP) is 3.27. The lowest BCUT2D eigenvalue weighted by molar-refractivity contribution is -0.118. The van der Waals surface area contributed by atoms with Gasteiger partial charge in [-0.25, -0.2) is 14.5 Å². The number of pyridine rings is 1. The Morgan fingerprint density at radius 3 is 2.59 bits per heavy atom. The molecule has 2 unspecified atom stereocenters. The van der Waals surface area contributed by atoms with Crippen molar-refractivity contribution in [1.29, 1.82) is 0 Å². The third-order valence-corrected chi connectivity index (χ3v) is 7.18. The minimum atomic E-state index is -0.672. The summed E-state index contributed by atoms with van der Waals surface area (Å²) in [5.41, 5.74) is 8.47. The Hall–Kier alpha value is -3.83. The molecule has 2 atom stereocenters. The van der Waals surface area contributed by atoms with E-state index in [1.165, 1.54) is 0 Å². The van der Waals surface area contributed by atoms with Gasteiger partial charge in [-0.2, -0.15) is 5.10 Å². The van der Waals surface area contributed by atoms with Crippen LogP contribution >= 0.6 is 11.3 Å². The van der Waals surface area contributed by atoms with Crippen LogP contribution in [0.5, 0.6) is 0 Å². The molecule has 194 valence electrons. The standard InChI is InChI=1S/C26H32N8O2S/c1-5-33(6-2)16(3)14-28-26(36)18-12-21(31-23(13-18)30-17(4)24(27)35)19-15-29-34-10-9-20(32-25(19)34)22-8-7-11-37-22/h7-13,15-17H,5-6,14H2,1-4H3,(H2,27,35)(H,28,36)(H,30,31). The van der Waals surface area contributed by atoms with Crippen molar-refractivity contribution < 1.29 is 9.59 Å². The number of aromatic nitrogens is 4. The van der Waals surface area contributed by atoms with E-state index < -0.39 is 11.9 Å². The minimum absolute atomic E-state index is 0.187. The molecule has 0 aliphatic carbocycles. The van der Waals surface area contributed by atoms with Gasteiger partial charge in [0.2, 0.25) is 5.91 Å². The van der Waals surface area contributed by atoms with E-state index in [-0.39, 0.29) is 11.9 Å². The highest BCUT2D eigenvalue weighted by atomic mass is 32.1. The lowest BCUT2D eigenvalue weighted by Crippen LogP contribution is -2.42. The van der Waals surface area contributed by atoms with Gasteiger partial charge in [0.1, 0.15) is 11.9 Å². The number of hydrogen-bond acceptors (Lipinski definition) is 8. The Bertz CT molecular complexity index is 1380. The number of fused-ring (bicyclic) bond motifs is 1. The van der Waals surface area contributed by atoms with Crippen LogP contribution in [0.3, 0.4) is 0 Å². The molecule has 0 aromatic carbocycles. The van der Waals surface area contributed by atoms with E-state index in [2.05, 4.69) is 46.4 Å². The molecular formula is C26H32N8O2S. The van der Waals surface area contributed by atoms with Gasteiger partial charge in [-0.1, -0.05) is 19.9 Å². The van der Waals surface area contributed by atoms with Gasteiger partial charge < -0.3 is 16.4 Å². The van der Waals surface area contributed by atoms with Gasteiger partial charge in [0.25, 0.3) is 5.91 Å². The number of nitrogens with zero attached hydrogens (tertiary/aromatic N) is 5. The van der Waals surface area contributed by atoms with E-state index in [0.717, 1.165) is 23.7 Å². The molecule has 4 aromatic heterocycles. The number of thiophene rings is 1. The van der Waals surface area contributed by atoms with Gasteiger partial charge in [-0.3, -0.25) is 14.5 Å². The summed E-state index contributed by atoms with van der Waals surface area (Å²) in [5.74, 6) is -0.398. The van der Waals surface area contributed by atoms with Crippen molar-refractivity contribution in [3.8, 4) is 21.8 Å². The van der Waals surface area contributed by atoms with Gasteiger partial charge in [-0.05, 0) is 56.6 Å². The molecule has 4 rings (SSSR count). The van der Waals surface area contributed by atoms with Crippen LogP contribution in [-0.4, -0.2) is 68.0 Å². The maximum Gasteiger partial charge on any atom is 0.251 e. The smallest absolute Gasteiger partial charge is 0.251 e. The fourth-order valence-corrected chi connectivity index (χ4v) is 4.79. The Morgan fingerprint density at radius 2 is 1.92 bits per heavy atom. The van der Waals surface area contributed by atoms with E-state index in [9.17, 15) is 9.59 Å². The van der Waals surface area contributed by atoms with Crippen LogP contribution in [-0.2, 0) is 4.79 Å². The summed E-state index contributed by atoms with van der Waals surface area (Å²) in [6.07, 6.45) is 3.52. The molecule has 2 amide bonds. The van der Waals surface area contributed by atoms with E-state index in [0.29, 0.717) is 34.8 Å². The number of carbonyl (C=O) groups is 2. The topological polar surface area (TPSA) is 131 Å². The summed E-state index contributed by atoms with van der Waals surface area (Å²) in [5, 5.41) is 12.5. The molecule has 0 aliphatic rings. The summed E-state index contributed by atoms with van der Waals surface area (Å²) in [6, 6.07) is 8.75. The maximum atomic E-state index is 13.2. The zero-order valence-corrected chi connectivity index (χ0v) is 22.2. The van der Waals surface area contributed by atoms with Crippen molar-refractivity contribution in [2.75, 3.05) is 25.0 Å². The fourth-order valence-electron chi connectivity index (χ4n) is 4.10. The molecule has 4 aromatic rings. The maximum absolute atomic E-state index is 13.2. The Morgan fingerprint density at radius 1 is 1.14 bits per heavy atom. The summed E-state index contributed by atoms with van der Waals surface area (Å²) >= 11 is 1.60. The van der Waals surface area contributed by atoms with E-state index in [1.54, 1.807) is 41.1 Å². The second kappa shape index (κ2) is 11.5. The van der Waals surface area contributed by atoms with Crippen LogP contribution in [0, 0.1) is 0 Å². The highest BCUT2D eigenvalue weighted by Gasteiger charge is 2.19. The first-order chi connectivity index (χ1) is 17.8. The second-order valence-electron chi connectivity index (χ2n) is 8.79. The van der Waals surface area contributed by atoms with Crippen molar-refractivity contribution in [3.63, 3.8) is 0 Å². The second-order valence-corrected chi connectivity index (χ2v) is 9.74. The minimum Gasteiger partial charge on any atom is -0.368 e. The summed E-state index contributed by atoms with van der Waals surface area (Å²) in [4.78, 5) is 37.7. The van der Waals surface area contributed by atoms with E-state index >= 15 is 0 Å². The molecule has 0 saturated heterocycles. The molecule has 4 heterocycles. The number of amides is 2. The van der Waals surface area contributed by atoms with Crippen molar-refractivity contribution >= 4 is 34.6 Å². The lowest BCUT2D eigenvalue weighted by atomic mass is 10.1. The summed E-state index contributed by atoms with van der Waals surface area (Å²) in [7, 11) is 0. The number of likely N-dealkylation sites (N-methyl/N-ethyl adjacent to an activating group) is 1. The average molecular weight is 521 g/mol. The molecule has 0 fully saturated rings. The third-order valence-electron chi connectivity index (χ3n) is 6.29. The van der Waals surface area contributed by atoms with Gasteiger partial charge in [0.05, 0.1) is 28.0 Å². The lowest BCUT2D eigenvalue weighted by Gasteiger charge is -2.26. The number of rotatable bonds is 11. The zero-order chi connectivity index (χ0) is 26.5. The molecule has 0 spiro atoms. The molecule has 0 saturated carbocycles. The van der Waals surface area contributed by atoms with Crippen LogP contribution in [0.1, 0.15) is 38.1 Å². The molecule has 0 radical (unpaired) electrons. The third kappa shape index (κ3) is 5.95. The van der Waals surface area contributed by atoms with Crippen LogP contribution in [0.4, 0.5) is 5.82 Å². The Balaban J connectivity index is 1.71. The Labute approximate surface area is 219 Å². The fraction of sp³-hybridized carbons (Fsp3) is 0.346. The monoisotopic (exact) mass is 520 g/mol. The van der Waals surface area contributed by atoms with Crippen LogP contribution in [0.2, 0.25) is 0 Å². The van der Waals surface area contributed by atoms with Crippen molar-refractivity contribution in [3.05, 3.63) is 53.7 Å². The average Bonchev–Trinajstić information content (AvgIpc) is 3.57. The predicted molar refractivity (Wildman–Crippen MR) is 147 cm³/mol. The van der Waals surface area contributed by atoms with Crippen molar-refractivity contribution in [2.45, 2.75) is 39.8 Å². The van der Waals surface area contributed by atoms with Gasteiger partial charge >= 0.3 is 0 Å². The van der Waals surface area contributed by atoms with Gasteiger partial charge in [0.15, 0.2) is 5.65 Å². The molecule has 10 nitrogen and oxygen atoms in total. The number of anilines is 1.